The molecule has 3 fully saturated rings. The molecular formula is C37H46O15. The van der Waals surface area contributed by atoms with E-state index in [2.05, 4.69) is 6.58 Å². The van der Waals surface area contributed by atoms with E-state index in [0.717, 1.165) is 34.6 Å². The zero-order chi connectivity index (χ0) is 39.1. The molecule has 0 spiro atoms. The topological polar surface area (TPSA) is 204 Å². The summed E-state index contributed by atoms with van der Waals surface area (Å²) in [4.78, 5) is 92.5. The van der Waals surface area contributed by atoms with Gasteiger partial charge in [0.2, 0.25) is 5.79 Å². The van der Waals surface area contributed by atoms with E-state index in [4.69, 9.17) is 33.2 Å². The summed E-state index contributed by atoms with van der Waals surface area (Å²) in [6.45, 7) is 15.4. The molecule has 2 bridgehead atoms. The van der Waals surface area contributed by atoms with Crippen LogP contribution in [0.1, 0.15) is 79.1 Å². The maximum absolute atomic E-state index is 14.4. The van der Waals surface area contributed by atoms with Crippen molar-refractivity contribution in [2.45, 2.75) is 117 Å². The van der Waals surface area contributed by atoms with Crippen LogP contribution < -0.4 is 0 Å². The number of hydrogen-bond acceptors (Lipinski definition) is 15. The third-order valence-electron chi connectivity index (χ3n) is 10.1. The van der Waals surface area contributed by atoms with Crippen LogP contribution in [0, 0.1) is 23.2 Å². The van der Waals surface area contributed by atoms with E-state index in [1.807, 2.05) is 0 Å². The molecule has 1 aromatic carbocycles. The van der Waals surface area contributed by atoms with Crippen LogP contribution in [0.4, 0.5) is 0 Å². The first-order chi connectivity index (χ1) is 24.1. The van der Waals surface area contributed by atoms with Gasteiger partial charge in [-0.2, -0.15) is 0 Å². The van der Waals surface area contributed by atoms with Crippen molar-refractivity contribution >= 4 is 41.6 Å². The highest BCUT2D eigenvalue weighted by molar-refractivity contribution is 5.90. The lowest BCUT2D eigenvalue weighted by atomic mass is 9.68. The fourth-order valence-corrected chi connectivity index (χ4v) is 7.99. The van der Waals surface area contributed by atoms with Crippen LogP contribution in [0.3, 0.4) is 0 Å². The highest BCUT2D eigenvalue weighted by atomic mass is 16.7. The predicted octanol–water partition coefficient (Wildman–Crippen LogP) is 2.79. The fraction of sp³-hybridized carbons (Fsp3) is 0.595. The molecule has 0 amide bonds. The molecule has 0 aromatic heterocycles. The lowest BCUT2D eigenvalue weighted by molar-refractivity contribution is -0.334. The molecule has 4 rings (SSSR count). The molecule has 0 unspecified atom stereocenters. The van der Waals surface area contributed by atoms with Gasteiger partial charge in [-0.25, -0.2) is 4.79 Å². The zero-order valence-electron chi connectivity index (χ0n) is 30.7. The predicted molar refractivity (Wildman–Crippen MR) is 177 cm³/mol. The van der Waals surface area contributed by atoms with Crippen molar-refractivity contribution in [3.05, 3.63) is 48.0 Å². The number of ketones is 1. The summed E-state index contributed by atoms with van der Waals surface area (Å²) in [5.74, 6) is -12.7. The molecule has 52 heavy (non-hydrogen) atoms. The van der Waals surface area contributed by atoms with E-state index < -0.39 is 113 Å². The molecule has 1 aliphatic carbocycles. The number of Topliss-reactive ketones (excluding diaryl/α,β-unsaturated/α-hetero) is 1. The molecule has 1 saturated carbocycles. The van der Waals surface area contributed by atoms with Crippen molar-refractivity contribution in [1.82, 2.24) is 0 Å². The van der Waals surface area contributed by atoms with Gasteiger partial charge in [-0.1, -0.05) is 52.5 Å². The van der Waals surface area contributed by atoms with Gasteiger partial charge in [0.05, 0.1) is 17.4 Å². The number of esters is 6. The number of hydrogen-bond donors (Lipinski definition) is 1. The molecule has 2 aliphatic heterocycles. The Morgan fingerprint density at radius 1 is 0.769 bits per heavy atom. The first-order valence-corrected chi connectivity index (χ1v) is 16.9. The lowest BCUT2D eigenvalue weighted by Gasteiger charge is -2.49. The van der Waals surface area contributed by atoms with Crippen molar-refractivity contribution in [3.8, 4) is 0 Å². The monoisotopic (exact) mass is 730 g/mol. The maximum atomic E-state index is 14.4. The molecule has 3 aliphatic rings. The number of benzene rings is 1. The summed E-state index contributed by atoms with van der Waals surface area (Å²) >= 11 is 0. The number of rotatable bonds is 7. The molecular weight excluding hydrogens is 684 g/mol. The third-order valence-corrected chi connectivity index (χ3v) is 10.1. The Kier molecular flexibility index (Phi) is 11.4. The van der Waals surface area contributed by atoms with Crippen molar-refractivity contribution in [2.75, 3.05) is 0 Å². The van der Waals surface area contributed by atoms with Crippen LogP contribution in [-0.4, -0.2) is 94.7 Å². The Bertz CT molecular complexity index is 1630. The van der Waals surface area contributed by atoms with Crippen LogP contribution in [0.5, 0.6) is 0 Å². The number of aliphatic hydroxyl groups is 1. The molecule has 1 aromatic rings. The van der Waals surface area contributed by atoms with Crippen molar-refractivity contribution < 1.29 is 71.8 Å². The smallest absolute Gasteiger partial charge is 0.338 e. The van der Waals surface area contributed by atoms with E-state index in [1.54, 1.807) is 25.1 Å². The molecule has 2 saturated heterocycles. The first kappa shape index (κ1) is 40.1. The normalized spacial score (nSPS) is 35.2. The Morgan fingerprint density at radius 2 is 1.31 bits per heavy atom. The minimum absolute atomic E-state index is 0.0459. The van der Waals surface area contributed by atoms with Crippen molar-refractivity contribution in [2.24, 2.45) is 23.2 Å². The van der Waals surface area contributed by atoms with E-state index in [0.29, 0.717) is 0 Å². The van der Waals surface area contributed by atoms with Crippen LogP contribution >= 0.6 is 0 Å². The van der Waals surface area contributed by atoms with Gasteiger partial charge in [0.25, 0.3) is 0 Å². The Balaban J connectivity index is 2.16. The summed E-state index contributed by atoms with van der Waals surface area (Å²) in [5.41, 5.74) is -4.28. The second-order valence-corrected chi connectivity index (χ2v) is 14.3. The molecule has 15 nitrogen and oxygen atoms in total. The van der Waals surface area contributed by atoms with E-state index >= 15 is 0 Å². The van der Waals surface area contributed by atoms with Gasteiger partial charge in [-0.05, 0) is 24.5 Å². The van der Waals surface area contributed by atoms with E-state index in [1.165, 1.54) is 32.9 Å². The minimum atomic E-state index is -2.71. The number of carbonyl (C=O) groups excluding carboxylic acids is 7. The van der Waals surface area contributed by atoms with Gasteiger partial charge in [0.15, 0.2) is 29.7 Å². The second-order valence-electron chi connectivity index (χ2n) is 14.3. The Morgan fingerprint density at radius 3 is 1.83 bits per heavy atom. The number of ether oxygens (including phenoxy) is 7. The van der Waals surface area contributed by atoms with E-state index in [-0.39, 0.29) is 17.6 Å². The molecule has 15 heteroatoms. The summed E-state index contributed by atoms with van der Waals surface area (Å²) in [6.07, 6.45) is -10.4. The van der Waals surface area contributed by atoms with Gasteiger partial charge in [-0.3, -0.25) is 28.8 Å². The average Bonchev–Trinajstić information content (AvgIpc) is 3.45. The van der Waals surface area contributed by atoms with E-state index in [9.17, 15) is 38.7 Å². The summed E-state index contributed by atoms with van der Waals surface area (Å²) in [6, 6.07) is 7.68. The largest absolute Gasteiger partial charge is 0.462 e. The zero-order valence-corrected chi connectivity index (χ0v) is 30.7. The van der Waals surface area contributed by atoms with Crippen LogP contribution in [-0.2, 0) is 61.9 Å². The van der Waals surface area contributed by atoms with Gasteiger partial charge in [-0.15, -0.1) is 0 Å². The maximum Gasteiger partial charge on any atom is 0.338 e. The highest BCUT2D eigenvalue weighted by Crippen LogP contribution is 2.60. The van der Waals surface area contributed by atoms with Crippen molar-refractivity contribution in [3.63, 3.8) is 0 Å². The molecule has 0 radical (unpaired) electrons. The highest BCUT2D eigenvalue weighted by Gasteiger charge is 2.77. The van der Waals surface area contributed by atoms with Gasteiger partial charge in [0.1, 0.15) is 18.3 Å². The minimum Gasteiger partial charge on any atom is -0.462 e. The van der Waals surface area contributed by atoms with Gasteiger partial charge < -0.3 is 38.3 Å². The second kappa shape index (κ2) is 14.8. The summed E-state index contributed by atoms with van der Waals surface area (Å²) in [7, 11) is 0. The summed E-state index contributed by atoms with van der Waals surface area (Å²) in [5, 5.41) is 12.8. The first-order valence-electron chi connectivity index (χ1n) is 16.9. The van der Waals surface area contributed by atoms with Crippen LogP contribution in [0.2, 0.25) is 0 Å². The SMILES string of the molecule is C=C1[C@@H](OC(C)=O)[C@@H](OC(=O)c2ccccc2)[C@@H](OC(C)=O)C(C)(C)[C@H]2O[C@](O)([C@H](C)C2=O)[C@@]2(OC(C)=O)C[C@H](C)[C@H](OC(C)=O)[C@@H]2[C@H]1OC(C)=O. The quantitative estimate of drug-likeness (QED) is 0.243. The average molecular weight is 731 g/mol. The molecule has 11 atom stereocenters. The molecule has 284 valence electrons. The van der Waals surface area contributed by atoms with Crippen molar-refractivity contribution in [1.29, 1.82) is 0 Å². The van der Waals surface area contributed by atoms with Crippen LogP contribution in [0.15, 0.2) is 42.5 Å². The Hall–Kier alpha value is -4.63. The van der Waals surface area contributed by atoms with Gasteiger partial charge in [0, 0.05) is 45.6 Å². The lowest BCUT2D eigenvalue weighted by Crippen LogP contribution is -2.66. The summed E-state index contributed by atoms with van der Waals surface area (Å²) < 4.78 is 41.7. The fourth-order valence-electron chi connectivity index (χ4n) is 7.99. The number of carbonyl (C=O) groups is 7. The number of fused-ring (bicyclic) bond motifs is 4. The Labute approximate surface area is 301 Å². The van der Waals surface area contributed by atoms with Gasteiger partial charge >= 0.3 is 35.8 Å². The molecule has 1 N–H and O–H groups in total. The molecule has 2 heterocycles. The third kappa shape index (κ3) is 7.20. The standard InChI is InChI=1S/C37H46O15/c1-17-16-36(51-24(8)42)26(28(17)46-20(4)38)29(47-21(5)39)18(2)30(48-22(6)40)31(50-34(44)25-14-12-11-13-15-25)33(49-23(7)41)35(9,10)32-27(43)19(3)37(36,45)52-32/h11-15,17,19,26,28-33,45H,2,16H2,1,3-10H3/t17-,19+,26+,28-,29-,30+,31+,32-,33+,36+,37+/m0/s1. The van der Waals surface area contributed by atoms with Crippen LogP contribution in [0.25, 0.3) is 0 Å².